The molecular weight excluding hydrogens is 523 g/mol. The first-order chi connectivity index (χ1) is 19.0. The minimum atomic E-state index is -4.47. The van der Waals surface area contributed by atoms with Crippen molar-refractivity contribution in [1.82, 2.24) is 9.88 Å². The summed E-state index contributed by atoms with van der Waals surface area (Å²) in [6.45, 7) is 1.98. The first-order valence-corrected chi connectivity index (χ1v) is 13.4. The summed E-state index contributed by atoms with van der Waals surface area (Å²) in [6, 6.07) is 8.91. The van der Waals surface area contributed by atoms with Gasteiger partial charge in [-0.15, -0.1) is 0 Å². The molecule has 1 heterocycles. The molecule has 1 aromatic heterocycles. The third-order valence-electron chi connectivity index (χ3n) is 7.09. The molecule has 1 aliphatic carbocycles. The number of halogens is 3. The van der Waals surface area contributed by atoms with Crippen molar-refractivity contribution in [3.63, 3.8) is 0 Å². The predicted octanol–water partition coefficient (Wildman–Crippen LogP) is 6.43. The standard InChI is InChI=1S/C29H36F3N5O3/c1-3-24(33)23(18-35-25-14-11-21(17-34-25)29(30,31)32)27(19-7-5-4-6-8-19)36-22-12-9-20(10-13-22)28(40)37(2)16-15-26(38)39/h9-14,17-19,27,33,36H,3-8,15-16H2,1-2H3,(H,34,35)(H,38,39)/b23-18+,33-24?. The van der Waals surface area contributed by atoms with E-state index in [1.807, 2.05) is 6.92 Å². The van der Waals surface area contributed by atoms with Crippen molar-refractivity contribution >= 4 is 29.1 Å². The Morgan fingerprint density at radius 3 is 2.38 bits per heavy atom. The highest BCUT2D eigenvalue weighted by atomic mass is 19.4. The number of amides is 1. The van der Waals surface area contributed by atoms with Crippen LogP contribution in [0.2, 0.25) is 0 Å². The van der Waals surface area contributed by atoms with Crippen LogP contribution in [0.5, 0.6) is 0 Å². The van der Waals surface area contributed by atoms with E-state index >= 15 is 0 Å². The van der Waals surface area contributed by atoms with Crippen molar-refractivity contribution in [2.24, 2.45) is 5.92 Å². The quantitative estimate of drug-likeness (QED) is 0.223. The number of rotatable bonds is 12. The number of benzene rings is 1. The molecule has 40 heavy (non-hydrogen) atoms. The number of hydrogen-bond acceptors (Lipinski definition) is 6. The number of aromatic nitrogens is 1. The van der Waals surface area contributed by atoms with Crippen LogP contribution in [0, 0.1) is 11.3 Å². The summed E-state index contributed by atoms with van der Waals surface area (Å²) in [6.07, 6.45) is 3.51. The zero-order valence-corrected chi connectivity index (χ0v) is 22.7. The summed E-state index contributed by atoms with van der Waals surface area (Å²) in [7, 11) is 1.56. The van der Waals surface area contributed by atoms with Crippen molar-refractivity contribution < 1.29 is 27.9 Å². The molecule has 1 saturated carbocycles. The van der Waals surface area contributed by atoms with E-state index in [1.54, 1.807) is 37.5 Å². The summed E-state index contributed by atoms with van der Waals surface area (Å²) in [5, 5.41) is 24.1. The first kappa shape index (κ1) is 30.6. The van der Waals surface area contributed by atoms with Crippen LogP contribution in [0.15, 0.2) is 54.4 Å². The smallest absolute Gasteiger partial charge is 0.417 e. The van der Waals surface area contributed by atoms with Crippen molar-refractivity contribution in [2.75, 3.05) is 24.2 Å². The monoisotopic (exact) mass is 559 g/mol. The van der Waals surface area contributed by atoms with E-state index in [1.165, 1.54) is 11.0 Å². The molecule has 0 saturated heterocycles. The average Bonchev–Trinajstić information content (AvgIpc) is 2.95. The average molecular weight is 560 g/mol. The maximum atomic E-state index is 12.9. The lowest BCUT2D eigenvalue weighted by Gasteiger charge is -2.34. The number of pyridine rings is 1. The number of carbonyl (C=O) groups excluding carboxylic acids is 1. The molecule has 0 radical (unpaired) electrons. The van der Waals surface area contributed by atoms with E-state index in [2.05, 4.69) is 15.6 Å². The maximum absolute atomic E-state index is 12.9. The lowest BCUT2D eigenvalue weighted by Crippen LogP contribution is -2.35. The van der Waals surface area contributed by atoms with Gasteiger partial charge in [0.05, 0.1) is 18.0 Å². The molecule has 1 unspecified atom stereocenters. The Kier molecular flexibility index (Phi) is 10.7. The number of carbonyl (C=O) groups is 2. The number of carboxylic acid groups (broad SMARTS) is 1. The van der Waals surface area contributed by atoms with E-state index in [9.17, 15) is 22.8 Å². The molecule has 0 spiro atoms. The lowest BCUT2D eigenvalue weighted by atomic mass is 9.79. The highest BCUT2D eigenvalue weighted by molar-refractivity contribution is 5.99. The van der Waals surface area contributed by atoms with Crippen LogP contribution >= 0.6 is 0 Å². The van der Waals surface area contributed by atoms with Crippen molar-refractivity contribution in [3.05, 3.63) is 65.5 Å². The molecule has 216 valence electrons. The molecular formula is C29H36F3N5O3. The first-order valence-electron chi connectivity index (χ1n) is 13.4. The van der Waals surface area contributed by atoms with Crippen LogP contribution in [-0.4, -0.2) is 52.2 Å². The molecule has 8 nitrogen and oxygen atoms in total. The normalized spacial score (nSPS) is 15.3. The van der Waals surface area contributed by atoms with Gasteiger partial charge in [-0.1, -0.05) is 26.2 Å². The van der Waals surface area contributed by atoms with Gasteiger partial charge in [0, 0.05) is 48.5 Å². The largest absolute Gasteiger partial charge is 0.481 e. The summed E-state index contributed by atoms with van der Waals surface area (Å²) in [5.41, 5.74) is 1.45. The molecule has 0 aliphatic heterocycles. The van der Waals surface area contributed by atoms with E-state index < -0.39 is 17.7 Å². The Hall–Kier alpha value is -3.89. The maximum Gasteiger partial charge on any atom is 0.417 e. The van der Waals surface area contributed by atoms with Crippen LogP contribution < -0.4 is 10.6 Å². The Balaban J connectivity index is 1.84. The molecule has 11 heteroatoms. The Morgan fingerprint density at radius 2 is 1.82 bits per heavy atom. The fourth-order valence-electron chi connectivity index (χ4n) is 4.76. The summed E-state index contributed by atoms with van der Waals surface area (Å²) in [5.74, 6) is -0.777. The number of hydrogen-bond donors (Lipinski definition) is 4. The number of anilines is 2. The van der Waals surface area contributed by atoms with E-state index in [-0.39, 0.29) is 36.7 Å². The molecule has 0 bridgehead atoms. The van der Waals surface area contributed by atoms with Crippen LogP contribution in [0.4, 0.5) is 24.7 Å². The van der Waals surface area contributed by atoms with Crippen LogP contribution in [0.25, 0.3) is 0 Å². The van der Waals surface area contributed by atoms with Gasteiger partial charge in [-0.2, -0.15) is 13.2 Å². The summed E-state index contributed by atoms with van der Waals surface area (Å²) >= 11 is 0. The second-order valence-corrected chi connectivity index (χ2v) is 9.97. The van der Waals surface area contributed by atoms with Crippen LogP contribution in [0.1, 0.15) is 67.8 Å². The van der Waals surface area contributed by atoms with Crippen LogP contribution in [-0.2, 0) is 11.0 Å². The number of nitrogens with one attached hydrogen (secondary N) is 3. The van der Waals surface area contributed by atoms with Gasteiger partial charge in [0.25, 0.3) is 5.91 Å². The summed E-state index contributed by atoms with van der Waals surface area (Å²) in [4.78, 5) is 28.7. The van der Waals surface area contributed by atoms with Gasteiger partial charge in [-0.25, -0.2) is 4.98 Å². The molecule has 1 amide bonds. The van der Waals surface area contributed by atoms with E-state index in [0.717, 1.165) is 50.1 Å². The van der Waals surface area contributed by atoms with Gasteiger partial charge in [0.15, 0.2) is 0 Å². The number of carboxylic acids is 1. The summed E-state index contributed by atoms with van der Waals surface area (Å²) < 4.78 is 38.8. The molecule has 1 aliphatic rings. The van der Waals surface area contributed by atoms with Gasteiger partial charge in [0.2, 0.25) is 0 Å². The van der Waals surface area contributed by atoms with Crippen molar-refractivity contribution in [2.45, 2.75) is 64.1 Å². The highest BCUT2D eigenvalue weighted by Gasteiger charge is 2.31. The van der Waals surface area contributed by atoms with Gasteiger partial charge in [-0.3, -0.25) is 9.59 Å². The van der Waals surface area contributed by atoms with Gasteiger partial charge >= 0.3 is 12.1 Å². The second-order valence-electron chi connectivity index (χ2n) is 9.97. The third kappa shape index (κ3) is 8.56. The molecule has 1 fully saturated rings. The minimum absolute atomic E-state index is 0.103. The minimum Gasteiger partial charge on any atom is -0.481 e. The van der Waals surface area contributed by atoms with Gasteiger partial charge < -0.3 is 26.0 Å². The molecule has 2 aromatic rings. The number of nitrogens with zero attached hydrogens (tertiary/aromatic N) is 2. The molecule has 1 atom stereocenters. The third-order valence-corrected chi connectivity index (χ3v) is 7.09. The van der Waals surface area contributed by atoms with Crippen LogP contribution in [0.3, 0.4) is 0 Å². The zero-order valence-electron chi connectivity index (χ0n) is 22.7. The van der Waals surface area contributed by atoms with Gasteiger partial charge in [0.1, 0.15) is 5.82 Å². The molecule has 1 aromatic carbocycles. The topological polar surface area (TPSA) is 118 Å². The predicted molar refractivity (Wildman–Crippen MR) is 149 cm³/mol. The fourth-order valence-corrected chi connectivity index (χ4v) is 4.76. The molecule has 3 rings (SSSR count). The SMILES string of the molecule is CCC(=N)/C(=C\Nc1ccc(C(F)(F)F)cn1)C(Nc1ccc(C(=O)N(C)CCC(=O)O)cc1)C1CCCCC1. The van der Waals surface area contributed by atoms with Gasteiger partial charge in [-0.05, 0) is 61.6 Å². The highest BCUT2D eigenvalue weighted by Crippen LogP contribution is 2.33. The zero-order chi connectivity index (χ0) is 29.3. The Bertz CT molecular complexity index is 1190. The molecule has 4 N–H and O–H groups in total. The van der Waals surface area contributed by atoms with Crippen molar-refractivity contribution in [1.29, 1.82) is 5.41 Å². The Labute approximate surface area is 232 Å². The van der Waals surface area contributed by atoms with E-state index in [4.69, 9.17) is 10.5 Å². The number of alkyl halides is 3. The number of aliphatic carboxylic acids is 1. The van der Waals surface area contributed by atoms with E-state index in [0.29, 0.717) is 23.3 Å². The lowest BCUT2D eigenvalue weighted by molar-refractivity contribution is -0.138. The second kappa shape index (κ2) is 14.0. The van der Waals surface area contributed by atoms with Crippen molar-refractivity contribution in [3.8, 4) is 0 Å². The Morgan fingerprint density at radius 1 is 1.15 bits per heavy atom. The fraction of sp³-hybridized carbons (Fsp3) is 0.448.